The monoisotopic (exact) mass is 234 g/mol. The van der Waals surface area contributed by atoms with Gasteiger partial charge in [-0.2, -0.15) is 0 Å². The third-order valence-corrected chi connectivity index (χ3v) is 3.62. The molecule has 1 aliphatic rings. The number of para-hydroxylation sites is 1. The maximum Gasteiger partial charge on any atom is 0.0781 e. The molecule has 17 heavy (non-hydrogen) atoms. The number of hydrogen-bond donors (Lipinski definition) is 1. The number of rotatable bonds is 3. The topological polar surface area (TPSA) is 26.7 Å². The highest BCUT2D eigenvalue weighted by atomic mass is 16.3. The fraction of sp³-hybridized carbons (Fsp3) is 0.571. The molecule has 2 rings (SSSR count). The van der Waals surface area contributed by atoms with Crippen molar-refractivity contribution in [3.8, 4) is 0 Å². The highest BCUT2D eigenvalue weighted by molar-refractivity contribution is 5.55. The summed E-state index contributed by atoms with van der Waals surface area (Å²) in [4.78, 5) is 4.66. The first-order chi connectivity index (χ1) is 8.09. The van der Waals surface area contributed by atoms with Crippen LogP contribution in [0, 0.1) is 0 Å². The smallest absolute Gasteiger partial charge is 0.0781 e. The number of likely N-dealkylation sites (N-methyl/N-ethyl adjacent to an activating group) is 1. The molecule has 0 saturated carbocycles. The molecular formula is C14H22N2O. The van der Waals surface area contributed by atoms with Crippen molar-refractivity contribution >= 4 is 5.69 Å². The van der Waals surface area contributed by atoms with Gasteiger partial charge in [0.05, 0.1) is 6.10 Å². The van der Waals surface area contributed by atoms with Crippen molar-refractivity contribution in [1.82, 2.24) is 4.90 Å². The van der Waals surface area contributed by atoms with E-state index in [1.165, 1.54) is 12.1 Å². The fourth-order valence-corrected chi connectivity index (χ4v) is 2.51. The van der Waals surface area contributed by atoms with Crippen LogP contribution in [-0.2, 0) is 0 Å². The zero-order chi connectivity index (χ0) is 12.4. The van der Waals surface area contributed by atoms with E-state index in [4.69, 9.17) is 0 Å². The molecule has 1 aromatic carbocycles. The van der Waals surface area contributed by atoms with Crippen molar-refractivity contribution in [3.63, 3.8) is 0 Å². The zero-order valence-corrected chi connectivity index (χ0v) is 10.9. The summed E-state index contributed by atoms with van der Waals surface area (Å²) < 4.78 is 0. The van der Waals surface area contributed by atoms with Gasteiger partial charge in [0.15, 0.2) is 0 Å². The van der Waals surface area contributed by atoms with Crippen LogP contribution in [0.1, 0.15) is 25.0 Å². The molecule has 3 nitrogen and oxygen atoms in total. The van der Waals surface area contributed by atoms with Crippen molar-refractivity contribution in [2.45, 2.75) is 25.5 Å². The first-order valence-electron chi connectivity index (χ1n) is 6.28. The van der Waals surface area contributed by atoms with E-state index >= 15 is 0 Å². The molecule has 0 aliphatic carbocycles. The number of hydrogen-bond acceptors (Lipinski definition) is 3. The first-order valence-corrected chi connectivity index (χ1v) is 6.28. The SMILES string of the molecule is C[C@@H](O)c1ccccc1N1CCC(N(C)C)C1. The van der Waals surface area contributed by atoms with Crippen LogP contribution < -0.4 is 4.90 Å². The highest BCUT2D eigenvalue weighted by Crippen LogP contribution is 2.29. The van der Waals surface area contributed by atoms with Crippen LogP contribution in [0.25, 0.3) is 0 Å². The third kappa shape index (κ3) is 2.61. The van der Waals surface area contributed by atoms with Gasteiger partial charge in [-0.15, -0.1) is 0 Å². The molecule has 1 aliphatic heterocycles. The second-order valence-electron chi connectivity index (χ2n) is 5.09. The molecule has 1 saturated heterocycles. The number of aliphatic hydroxyl groups excluding tert-OH is 1. The molecule has 0 spiro atoms. The molecule has 94 valence electrons. The Morgan fingerprint density at radius 1 is 1.35 bits per heavy atom. The summed E-state index contributed by atoms with van der Waals surface area (Å²) in [5.74, 6) is 0. The number of nitrogens with zero attached hydrogens (tertiary/aromatic N) is 2. The summed E-state index contributed by atoms with van der Waals surface area (Å²) in [6, 6.07) is 8.79. The van der Waals surface area contributed by atoms with Gasteiger partial charge in [0.1, 0.15) is 0 Å². The molecular weight excluding hydrogens is 212 g/mol. The summed E-state index contributed by atoms with van der Waals surface area (Å²) in [7, 11) is 4.27. The zero-order valence-electron chi connectivity index (χ0n) is 10.9. The Balaban J connectivity index is 2.18. The van der Waals surface area contributed by atoms with Gasteiger partial charge in [-0.3, -0.25) is 0 Å². The minimum absolute atomic E-state index is 0.399. The van der Waals surface area contributed by atoms with Crippen LogP contribution >= 0.6 is 0 Å². The lowest BCUT2D eigenvalue weighted by Gasteiger charge is -2.24. The lowest BCUT2D eigenvalue weighted by molar-refractivity contribution is 0.199. The molecule has 0 aromatic heterocycles. The molecule has 2 atom stereocenters. The van der Waals surface area contributed by atoms with E-state index in [0.717, 1.165) is 18.7 Å². The summed E-state index contributed by atoms with van der Waals surface area (Å²) in [5.41, 5.74) is 2.22. The van der Waals surface area contributed by atoms with Crippen molar-refractivity contribution in [2.24, 2.45) is 0 Å². The minimum atomic E-state index is -0.399. The average Bonchev–Trinajstić information content (AvgIpc) is 2.78. The minimum Gasteiger partial charge on any atom is -0.389 e. The Kier molecular flexibility index (Phi) is 3.69. The lowest BCUT2D eigenvalue weighted by atomic mass is 10.1. The Bertz CT molecular complexity index is 376. The van der Waals surface area contributed by atoms with Crippen LogP contribution in [0.3, 0.4) is 0 Å². The average molecular weight is 234 g/mol. The predicted molar refractivity (Wildman–Crippen MR) is 71.4 cm³/mol. The summed E-state index contributed by atoms with van der Waals surface area (Å²) >= 11 is 0. The van der Waals surface area contributed by atoms with E-state index in [-0.39, 0.29) is 0 Å². The van der Waals surface area contributed by atoms with Crippen LogP contribution in [0.2, 0.25) is 0 Å². The number of aliphatic hydroxyl groups is 1. The number of benzene rings is 1. The summed E-state index contributed by atoms with van der Waals surface area (Å²) in [6.45, 7) is 3.96. The summed E-state index contributed by atoms with van der Waals surface area (Å²) in [6.07, 6.45) is 0.797. The fourth-order valence-electron chi connectivity index (χ4n) is 2.51. The van der Waals surface area contributed by atoms with E-state index in [9.17, 15) is 5.11 Å². The van der Waals surface area contributed by atoms with Crippen LogP contribution in [0.15, 0.2) is 24.3 Å². The third-order valence-electron chi connectivity index (χ3n) is 3.62. The van der Waals surface area contributed by atoms with Gasteiger partial charge in [-0.25, -0.2) is 0 Å². The van der Waals surface area contributed by atoms with Gasteiger partial charge in [0.25, 0.3) is 0 Å². The van der Waals surface area contributed by atoms with Crippen molar-refractivity contribution in [2.75, 3.05) is 32.1 Å². The predicted octanol–water partition coefficient (Wildman–Crippen LogP) is 1.88. The Morgan fingerprint density at radius 2 is 2.06 bits per heavy atom. The molecule has 1 heterocycles. The normalized spacial score (nSPS) is 22.2. The van der Waals surface area contributed by atoms with E-state index in [2.05, 4.69) is 30.0 Å². The standard InChI is InChI=1S/C14H22N2O/c1-11(17)13-6-4-5-7-14(13)16-9-8-12(10-16)15(2)3/h4-7,11-12,17H,8-10H2,1-3H3/t11-,12?/m1/s1. The van der Waals surface area contributed by atoms with Gasteiger partial charge in [0.2, 0.25) is 0 Å². The Labute approximate surface area is 104 Å². The molecule has 0 bridgehead atoms. The molecule has 1 fully saturated rings. The highest BCUT2D eigenvalue weighted by Gasteiger charge is 2.25. The first kappa shape index (κ1) is 12.4. The lowest BCUT2D eigenvalue weighted by Crippen LogP contribution is -2.31. The van der Waals surface area contributed by atoms with E-state index in [0.29, 0.717) is 6.04 Å². The quantitative estimate of drug-likeness (QED) is 0.865. The van der Waals surface area contributed by atoms with Gasteiger partial charge in [-0.05, 0) is 33.5 Å². The number of anilines is 1. The van der Waals surface area contributed by atoms with Crippen molar-refractivity contribution in [3.05, 3.63) is 29.8 Å². The largest absolute Gasteiger partial charge is 0.389 e. The molecule has 0 amide bonds. The molecule has 3 heteroatoms. The molecule has 0 radical (unpaired) electrons. The molecule has 1 unspecified atom stereocenters. The second-order valence-corrected chi connectivity index (χ2v) is 5.09. The second kappa shape index (κ2) is 5.07. The van der Waals surface area contributed by atoms with E-state index in [1.54, 1.807) is 0 Å². The van der Waals surface area contributed by atoms with Crippen LogP contribution in [0.4, 0.5) is 5.69 Å². The van der Waals surface area contributed by atoms with Gasteiger partial charge in [-0.1, -0.05) is 18.2 Å². The van der Waals surface area contributed by atoms with Crippen LogP contribution in [-0.4, -0.2) is 43.2 Å². The maximum absolute atomic E-state index is 9.80. The summed E-state index contributed by atoms with van der Waals surface area (Å²) in [5, 5.41) is 9.80. The van der Waals surface area contributed by atoms with Gasteiger partial charge >= 0.3 is 0 Å². The van der Waals surface area contributed by atoms with E-state index in [1.807, 2.05) is 25.1 Å². The maximum atomic E-state index is 9.80. The molecule has 1 N–H and O–H groups in total. The Hall–Kier alpha value is -1.06. The van der Waals surface area contributed by atoms with Gasteiger partial charge in [0, 0.05) is 30.4 Å². The Morgan fingerprint density at radius 3 is 2.65 bits per heavy atom. The van der Waals surface area contributed by atoms with E-state index < -0.39 is 6.10 Å². The van der Waals surface area contributed by atoms with Crippen LogP contribution in [0.5, 0.6) is 0 Å². The van der Waals surface area contributed by atoms with Crippen molar-refractivity contribution in [1.29, 1.82) is 0 Å². The molecule has 1 aromatic rings. The van der Waals surface area contributed by atoms with Crippen molar-refractivity contribution < 1.29 is 5.11 Å². The van der Waals surface area contributed by atoms with Gasteiger partial charge < -0.3 is 14.9 Å².